The molecule has 0 saturated heterocycles. The van der Waals surface area contributed by atoms with Gasteiger partial charge in [-0.15, -0.1) is 0 Å². The highest BCUT2D eigenvalue weighted by atomic mass is 32.2. The van der Waals surface area contributed by atoms with Crippen LogP contribution in [0, 0.1) is 0 Å². The van der Waals surface area contributed by atoms with Crippen LogP contribution in [0.4, 0.5) is 0 Å². The van der Waals surface area contributed by atoms with E-state index in [4.69, 9.17) is 0 Å². The Morgan fingerprint density at radius 3 is 2.71 bits per heavy atom. The second-order valence-electron chi connectivity index (χ2n) is 3.92. The molecule has 3 nitrogen and oxygen atoms in total. The summed E-state index contributed by atoms with van der Waals surface area (Å²) in [6.07, 6.45) is 3.73. The summed E-state index contributed by atoms with van der Waals surface area (Å²) in [6.45, 7) is 2.82. The van der Waals surface area contributed by atoms with E-state index in [9.17, 15) is 9.32 Å². The van der Waals surface area contributed by atoms with E-state index in [1.807, 2.05) is 12.1 Å². The quantitative estimate of drug-likeness (QED) is 0.625. The minimum atomic E-state index is -0.952. The number of unbranched alkanes of at least 4 members (excludes halogenated alkanes) is 1. The lowest BCUT2D eigenvalue weighted by atomic mass is 10.1. The van der Waals surface area contributed by atoms with Crippen molar-refractivity contribution < 1.29 is 9.32 Å². The van der Waals surface area contributed by atoms with Gasteiger partial charge in [-0.2, -0.15) is 0 Å². The zero-order valence-corrected chi connectivity index (χ0v) is 11.2. The van der Waals surface area contributed by atoms with Crippen LogP contribution in [0.2, 0.25) is 0 Å². The lowest BCUT2D eigenvalue weighted by Crippen LogP contribution is -2.12. The predicted octanol–water partition coefficient (Wildman–Crippen LogP) is 2.36. The van der Waals surface area contributed by atoms with Gasteiger partial charge in [0, 0.05) is 29.2 Å². The van der Waals surface area contributed by atoms with E-state index in [0.29, 0.717) is 11.3 Å². The van der Waals surface area contributed by atoms with Gasteiger partial charge in [0.15, 0.2) is 0 Å². The summed E-state index contributed by atoms with van der Waals surface area (Å²) in [6, 6.07) is 7.06. The number of hydrogen-bond acceptors (Lipinski definition) is 3. The molecule has 1 aromatic carbocycles. The zero-order valence-electron chi connectivity index (χ0n) is 10.3. The normalized spacial score (nSPS) is 13.6. The molecule has 0 bridgehead atoms. The maximum atomic E-state index is 11.3. The third kappa shape index (κ3) is 4.69. The van der Waals surface area contributed by atoms with Crippen LogP contribution >= 0.6 is 0 Å². The van der Waals surface area contributed by atoms with Gasteiger partial charge < -0.3 is 5.11 Å². The molecule has 0 heterocycles. The molecular formula is C13H19NO2S. The zero-order chi connectivity index (χ0) is 12.7. The van der Waals surface area contributed by atoms with Crippen LogP contribution in [0.3, 0.4) is 0 Å². The number of hydrogen-bond donors (Lipinski definition) is 1. The summed E-state index contributed by atoms with van der Waals surface area (Å²) < 4.78 is 11.3. The van der Waals surface area contributed by atoms with E-state index in [2.05, 4.69) is 11.9 Å². The summed E-state index contributed by atoms with van der Waals surface area (Å²) in [4.78, 5) is 4.45. The van der Waals surface area contributed by atoms with Gasteiger partial charge in [-0.25, -0.2) is 0 Å². The SMILES string of the molecule is CCCCN=C(CS(C)=O)c1ccccc1O. The Kier molecular flexibility index (Phi) is 5.91. The van der Waals surface area contributed by atoms with Gasteiger partial charge in [0.25, 0.3) is 0 Å². The van der Waals surface area contributed by atoms with Crippen LogP contribution in [-0.2, 0) is 10.8 Å². The number of aliphatic imine (C=N–C) groups is 1. The van der Waals surface area contributed by atoms with Crippen LogP contribution in [0.15, 0.2) is 29.3 Å². The molecule has 0 aliphatic heterocycles. The summed E-state index contributed by atoms with van der Waals surface area (Å²) in [5.74, 6) is 0.592. The van der Waals surface area contributed by atoms with Gasteiger partial charge in [0.1, 0.15) is 5.75 Å². The Morgan fingerprint density at radius 2 is 2.12 bits per heavy atom. The number of aromatic hydroxyl groups is 1. The van der Waals surface area contributed by atoms with Gasteiger partial charge in [-0.1, -0.05) is 25.5 Å². The lowest BCUT2D eigenvalue weighted by Gasteiger charge is -2.07. The average molecular weight is 253 g/mol. The molecule has 0 aliphatic carbocycles. The molecule has 0 aliphatic rings. The van der Waals surface area contributed by atoms with Crippen LogP contribution in [0.25, 0.3) is 0 Å². The molecule has 1 N–H and O–H groups in total. The summed E-state index contributed by atoms with van der Waals surface area (Å²) in [5, 5.41) is 9.77. The van der Waals surface area contributed by atoms with E-state index in [1.165, 1.54) is 0 Å². The largest absolute Gasteiger partial charge is 0.507 e. The highest BCUT2D eigenvalue weighted by molar-refractivity contribution is 7.85. The van der Waals surface area contributed by atoms with E-state index >= 15 is 0 Å². The number of phenols is 1. The van der Waals surface area contributed by atoms with E-state index in [0.717, 1.165) is 25.1 Å². The summed E-state index contributed by atoms with van der Waals surface area (Å²) >= 11 is 0. The number of benzene rings is 1. The molecule has 1 unspecified atom stereocenters. The van der Waals surface area contributed by atoms with Gasteiger partial charge in [-0.3, -0.25) is 9.20 Å². The fraction of sp³-hybridized carbons (Fsp3) is 0.462. The molecular weight excluding hydrogens is 234 g/mol. The Balaban J connectivity index is 2.93. The number of rotatable bonds is 6. The van der Waals surface area contributed by atoms with Gasteiger partial charge >= 0.3 is 0 Å². The van der Waals surface area contributed by atoms with Crippen molar-refractivity contribution in [3.8, 4) is 5.75 Å². The molecule has 0 saturated carbocycles. The van der Waals surface area contributed by atoms with E-state index in [-0.39, 0.29) is 5.75 Å². The fourth-order valence-corrected chi connectivity index (χ4v) is 2.12. The van der Waals surface area contributed by atoms with Gasteiger partial charge in [-0.05, 0) is 18.6 Å². The molecule has 0 fully saturated rings. The highest BCUT2D eigenvalue weighted by Crippen LogP contribution is 2.17. The second-order valence-corrected chi connectivity index (χ2v) is 5.35. The average Bonchev–Trinajstić information content (AvgIpc) is 2.28. The number of phenolic OH excluding ortho intramolecular Hbond substituents is 1. The van der Waals surface area contributed by atoms with Crippen LogP contribution < -0.4 is 0 Å². The maximum Gasteiger partial charge on any atom is 0.124 e. The second kappa shape index (κ2) is 7.22. The first-order chi connectivity index (χ1) is 8.15. The standard InChI is InChI=1S/C13H19NO2S/c1-3-4-9-14-12(10-17(2)16)11-7-5-6-8-13(11)15/h5-8,15H,3-4,9-10H2,1-2H3. The van der Waals surface area contributed by atoms with Gasteiger partial charge in [0.2, 0.25) is 0 Å². The molecule has 1 rings (SSSR count). The first-order valence-corrected chi connectivity index (χ1v) is 7.49. The first-order valence-electron chi connectivity index (χ1n) is 5.77. The van der Waals surface area contributed by atoms with Crippen molar-refractivity contribution in [3.05, 3.63) is 29.8 Å². The van der Waals surface area contributed by atoms with Crippen molar-refractivity contribution in [2.45, 2.75) is 19.8 Å². The Morgan fingerprint density at radius 1 is 1.41 bits per heavy atom. The molecule has 17 heavy (non-hydrogen) atoms. The smallest absolute Gasteiger partial charge is 0.124 e. The van der Waals surface area contributed by atoms with Gasteiger partial charge in [0.05, 0.1) is 11.5 Å². The molecule has 0 spiro atoms. The molecule has 94 valence electrons. The van der Waals surface area contributed by atoms with Crippen molar-refractivity contribution in [3.63, 3.8) is 0 Å². The minimum absolute atomic E-state index is 0.202. The summed E-state index contributed by atoms with van der Waals surface area (Å²) in [5.41, 5.74) is 1.43. The topological polar surface area (TPSA) is 49.7 Å². The first kappa shape index (κ1) is 13.9. The van der Waals surface area contributed by atoms with Crippen molar-refractivity contribution in [2.75, 3.05) is 18.6 Å². The minimum Gasteiger partial charge on any atom is -0.507 e. The van der Waals surface area contributed by atoms with Crippen molar-refractivity contribution >= 4 is 16.5 Å². The molecule has 0 radical (unpaired) electrons. The fourth-order valence-electron chi connectivity index (χ4n) is 1.49. The number of nitrogens with zero attached hydrogens (tertiary/aromatic N) is 1. The van der Waals surface area contributed by atoms with Crippen molar-refractivity contribution in [1.82, 2.24) is 0 Å². The van der Waals surface area contributed by atoms with E-state index < -0.39 is 10.8 Å². The summed E-state index contributed by atoms with van der Waals surface area (Å²) in [7, 11) is -0.952. The van der Waals surface area contributed by atoms with Crippen LogP contribution in [-0.4, -0.2) is 33.6 Å². The molecule has 0 amide bonds. The predicted molar refractivity (Wildman–Crippen MR) is 73.4 cm³/mol. The Hall–Kier alpha value is -1.16. The molecule has 1 atom stereocenters. The monoisotopic (exact) mass is 253 g/mol. The highest BCUT2D eigenvalue weighted by Gasteiger charge is 2.09. The van der Waals surface area contributed by atoms with Crippen LogP contribution in [0.5, 0.6) is 5.75 Å². The third-order valence-corrected chi connectivity index (χ3v) is 3.05. The number of para-hydroxylation sites is 1. The Bertz CT molecular complexity index is 416. The Labute approximate surface area is 105 Å². The third-order valence-electron chi connectivity index (χ3n) is 2.37. The lowest BCUT2D eigenvalue weighted by molar-refractivity contribution is 0.474. The molecule has 1 aromatic rings. The molecule has 0 aromatic heterocycles. The molecule has 4 heteroatoms. The van der Waals surface area contributed by atoms with Crippen molar-refractivity contribution in [2.24, 2.45) is 4.99 Å². The van der Waals surface area contributed by atoms with E-state index in [1.54, 1.807) is 18.4 Å². The maximum absolute atomic E-state index is 11.3. The van der Waals surface area contributed by atoms with Crippen LogP contribution in [0.1, 0.15) is 25.3 Å². The van der Waals surface area contributed by atoms with Crippen molar-refractivity contribution in [1.29, 1.82) is 0 Å².